The van der Waals surface area contributed by atoms with E-state index in [1.807, 2.05) is 0 Å². The zero-order chi connectivity index (χ0) is 27.2. The summed E-state index contributed by atoms with van der Waals surface area (Å²) in [5, 5.41) is 2.49. The van der Waals surface area contributed by atoms with Crippen LogP contribution in [0.3, 0.4) is 0 Å². The maximum atomic E-state index is 14.0. The molecular weight excluding hydrogens is 497 g/mol. The number of carbonyl (C=O) groups is 2. The molecule has 0 atom stereocenters. The molecule has 4 aromatic rings. The van der Waals surface area contributed by atoms with E-state index in [2.05, 4.69) is 20.0 Å². The van der Waals surface area contributed by atoms with Gasteiger partial charge in [0.25, 0.3) is 5.91 Å². The summed E-state index contributed by atoms with van der Waals surface area (Å²) >= 11 is 0. The summed E-state index contributed by atoms with van der Waals surface area (Å²) in [5.74, 6) is -0.619. The summed E-state index contributed by atoms with van der Waals surface area (Å²) in [6, 6.07) is 10.9. The lowest BCUT2D eigenvalue weighted by molar-refractivity contribution is 0.0936. The molecule has 38 heavy (non-hydrogen) atoms. The zero-order valence-electron chi connectivity index (χ0n) is 21.2. The summed E-state index contributed by atoms with van der Waals surface area (Å²) in [6.07, 6.45) is 2.53. The fraction of sp³-hybridized carbons (Fsp3) is 0.231. The minimum absolute atomic E-state index is 0.00244. The van der Waals surface area contributed by atoms with E-state index in [4.69, 9.17) is 14.2 Å². The number of halogens is 1. The maximum Gasteiger partial charge on any atom is 0.412 e. The van der Waals surface area contributed by atoms with Crippen LogP contribution in [0.5, 0.6) is 5.75 Å². The van der Waals surface area contributed by atoms with Crippen LogP contribution in [0.4, 0.5) is 20.7 Å². The normalized spacial score (nSPS) is 10.9. The van der Waals surface area contributed by atoms with Crippen molar-refractivity contribution in [2.45, 2.75) is 6.61 Å². The lowest BCUT2D eigenvalue weighted by Crippen LogP contribution is -2.33. The third-order valence-electron chi connectivity index (χ3n) is 5.67. The molecule has 0 aliphatic heterocycles. The van der Waals surface area contributed by atoms with Crippen molar-refractivity contribution in [2.24, 2.45) is 0 Å². The number of nitrogens with one attached hydrogen (secondary N) is 1. The van der Waals surface area contributed by atoms with E-state index < -0.39 is 11.9 Å². The van der Waals surface area contributed by atoms with Crippen LogP contribution >= 0.6 is 0 Å². The van der Waals surface area contributed by atoms with Gasteiger partial charge in [0.1, 0.15) is 18.9 Å². The molecular formula is C26H26FN5O6. The van der Waals surface area contributed by atoms with Gasteiger partial charge in [-0.2, -0.15) is 0 Å². The Balaban J connectivity index is 1.77. The molecule has 0 saturated heterocycles. The number of ether oxygens (including phenoxy) is 4. The number of aromatic nitrogens is 3. The van der Waals surface area contributed by atoms with Crippen molar-refractivity contribution in [3.63, 3.8) is 0 Å². The molecule has 0 aliphatic carbocycles. The van der Waals surface area contributed by atoms with Crippen LogP contribution in [0.1, 0.15) is 15.9 Å². The summed E-state index contributed by atoms with van der Waals surface area (Å²) in [7, 11) is 5.62. The second-order valence-corrected chi connectivity index (χ2v) is 8.04. The highest BCUT2D eigenvalue weighted by molar-refractivity contribution is 6.08. The Labute approximate surface area is 217 Å². The molecule has 0 spiro atoms. The first-order valence-corrected chi connectivity index (χ1v) is 11.3. The van der Waals surface area contributed by atoms with Gasteiger partial charge in [-0.3, -0.25) is 19.6 Å². The van der Waals surface area contributed by atoms with Gasteiger partial charge in [0.2, 0.25) is 0 Å². The fourth-order valence-corrected chi connectivity index (χ4v) is 3.89. The highest BCUT2D eigenvalue weighted by Gasteiger charge is 2.22. The van der Waals surface area contributed by atoms with E-state index >= 15 is 0 Å². The van der Waals surface area contributed by atoms with Crippen molar-refractivity contribution in [1.82, 2.24) is 14.5 Å². The fourth-order valence-electron chi connectivity index (χ4n) is 3.89. The van der Waals surface area contributed by atoms with Gasteiger partial charge in [-0.25, -0.2) is 19.2 Å². The third kappa shape index (κ3) is 5.41. The molecule has 0 aliphatic rings. The number of rotatable bonds is 9. The number of benzene rings is 2. The maximum absolute atomic E-state index is 14.0. The standard InChI is InChI=1S/C26H26FN5O6/c1-35-13-17-9-16(25(33)32(15-36-2)18-5-7-20(27)22(11-18)37-3)10-21-24(17)29-14-31(21)19-6-8-23(28-12-19)30-26(34)38-4/h5-12,14H,13,15H2,1-4H3,(H,28,30,34). The van der Waals surface area contributed by atoms with E-state index in [0.29, 0.717) is 39.4 Å². The highest BCUT2D eigenvalue weighted by Crippen LogP contribution is 2.28. The first kappa shape index (κ1) is 26.5. The van der Waals surface area contributed by atoms with E-state index in [1.165, 1.54) is 44.4 Å². The van der Waals surface area contributed by atoms with Crippen molar-refractivity contribution in [2.75, 3.05) is 45.4 Å². The average Bonchev–Trinajstić information content (AvgIpc) is 3.36. The van der Waals surface area contributed by atoms with Gasteiger partial charge in [0.15, 0.2) is 11.6 Å². The number of hydrogen-bond donors (Lipinski definition) is 1. The Kier molecular flexibility index (Phi) is 8.14. The van der Waals surface area contributed by atoms with Gasteiger partial charge < -0.3 is 18.9 Å². The third-order valence-corrected chi connectivity index (χ3v) is 5.67. The summed E-state index contributed by atoms with van der Waals surface area (Å²) < 4.78 is 36.1. The minimum atomic E-state index is -0.634. The van der Waals surface area contributed by atoms with Crippen molar-refractivity contribution in [1.29, 1.82) is 0 Å². The van der Waals surface area contributed by atoms with Gasteiger partial charge in [0.05, 0.1) is 49.4 Å². The molecule has 2 aromatic carbocycles. The Morgan fingerprint density at radius 2 is 1.84 bits per heavy atom. The molecule has 4 rings (SSSR count). The van der Waals surface area contributed by atoms with Gasteiger partial charge in [-0.05, 0) is 36.4 Å². The van der Waals surface area contributed by atoms with Crippen molar-refractivity contribution >= 4 is 34.5 Å². The molecule has 2 aromatic heterocycles. The second-order valence-electron chi connectivity index (χ2n) is 8.04. The Bertz CT molecular complexity index is 1460. The number of anilines is 2. The van der Waals surface area contributed by atoms with E-state index in [1.54, 1.807) is 48.5 Å². The van der Waals surface area contributed by atoms with Gasteiger partial charge in [0, 0.05) is 31.4 Å². The van der Waals surface area contributed by atoms with E-state index in [-0.39, 0.29) is 25.0 Å². The SMILES string of the molecule is COCc1cc(C(=O)N(COC)c2ccc(F)c(OC)c2)cc2c1ncn2-c1ccc(NC(=O)OC)nc1. The summed E-state index contributed by atoms with van der Waals surface area (Å²) in [4.78, 5) is 35.3. The molecule has 0 bridgehead atoms. The monoisotopic (exact) mass is 523 g/mol. The smallest absolute Gasteiger partial charge is 0.412 e. The van der Waals surface area contributed by atoms with Crippen LogP contribution < -0.4 is 15.0 Å². The number of imidazole rings is 1. The van der Waals surface area contributed by atoms with Crippen LogP contribution in [-0.2, 0) is 20.8 Å². The van der Waals surface area contributed by atoms with Crippen LogP contribution in [0.2, 0.25) is 0 Å². The lowest BCUT2D eigenvalue weighted by Gasteiger charge is -2.23. The molecule has 2 amide bonds. The number of carbonyl (C=O) groups excluding carboxylic acids is 2. The summed E-state index contributed by atoms with van der Waals surface area (Å²) in [6.45, 7) is 0.132. The van der Waals surface area contributed by atoms with Gasteiger partial charge in [-0.1, -0.05) is 0 Å². The molecule has 2 heterocycles. The van der Waals surface area contributed by atoms with Crippen LogP contribution in [0.15, 0.2) is 55.0 Å². The Hall–Kier alpha value is -4.55. The number of amides is 2. The van der Waals surface area contributed by atoms with Crippen molar-refractivity contribution < 1.29 is 32.9 Å². The number of pyridine rings is 1. The van der Waals surface area contributed by atoms with Crippen molar-refractivity contribution in [3.05, 3.63) is 71.9 Å². The lowest BCUT2D eigenvalue weighted by atomic mass is 10.1. The second kappa shape index (κ2) is 11.7. The topological polar surface area (TPSA) is 117 Å². The predicted molar refractivity (Wildman–Crippen MR) is 137 cm³/mol. The number of hydrogen-bond acceptors (Lipinski definition) is 8. The zero-order valence-corrected chi connectivity index (χ0v) is 21.2. The first-order chi connectivity index (χ1) is 18.4. The molecule has 0 saturated carbocycles. The average molecular weight is 524 g/mol. The number of fused-ring (bicyclic) bond motifs is 1. The van der Waals surface area contributed by atoms with E-state index in [0.717, 1.165) is 0 Å². The Morgan fingerprint density at radius 1 is 1.03 bits per heavy atom. The number of nitrogens with zero attached hydrogens (tertiary/aromatic N) is 4. The Morgan fingerprint density at radius 3 is 2.50 bits per heavy atom. The molecule has 0 unspecified atom stereocenters. The quantitative estimate of drug-likeness (QED) is 0.325. The molecule has 0 fully saturated rings. The van der Waals surface area contributed by atoms with Gasteiger partial charge in [-0.15, -0.1) is 0 Å². The predicted octanol–water partition coefficient (Wildman–Crippen LogP) is 4.14. The first-order valence-electron chi connectivity index (χ1n) is 11.3. The molecule has 198 valence electrons. The van der Waals surface area contributed by atoms with Gasteiger partial charge >= 0.3 is 6.09 Å². The highest BCUT2D eigenvalue weighted by atomic mass is 19.1. The largest absolute Gasteiger partial charge is 0.494 e. The minimum Gasteiger partial charge on any atom is -0.494 e. The molecule has 11 nitrogen and oxygen atoms in total. The molecule has 12 heteroatoms. The summed E-state index contributed by atoms with van der Waals surface area (Å²) in [5.41, 5.74) is 3.35. The van der Waals surface area contributed by atoms with Crippen LogP contribution in [0, 0.1) is 5.82 Å². The molecule has 0 radical (unpaired) electrons. The molecule has 1 N–H and O–H groups in total. The number of methoxy groups -OCH3 is 4. The van der Waals surface area contributed by atoms with Crippen LogP contribution in [0.25, 0.3) is 16.7 Å². The van der Waals surface area contributed by atoms with Crippen LogP contribution in [-0.4, -0.2) is 61.7 Å². The van der Waals surface area contributed by atoms with E-state index in [9.17, 15) is 14.0 Å². The van der Waals surface area contributed by atoms with Crippen molar-refractivity contribution in [3.8, 4) is 11.4 Å².